The molecule has 0 bridgehead atoms. The molecule has 0 amide bonds. The molecule has 2 atom stereocenters. The molecule has 1 saturated heterocycles. The highest BCUT2D eigenvalue weighted by Gasteiger charge is 2.43. The van der Waals surface area contributed by atoms with E-state index in [1.165, 1.54) is 19.6 Å². The molecule has 7 nitrogen and oxygen atoms in total. The first-order chi connectivity index (χ1) is 15.4. The third kappa shape index (κ3) is 5.40. The van der Waals surface area contributed by atoms with E-state index in [-0.39, 0.29) is 12.3 Å². The van der Waals surface area contributed by atoms with E-state index in [0.717, 1.165) is 50.1 Å². The number of carbonyl (C=O) groups is 1. The Morgan fingerprint density at radius 2 is 2.09 bits per heavy atom. The van der Waals surface area contributed by atoms with Crippen LogP contribution in [-0.2, 0) is 16.0 Å². The maximum absolute atomic E-state index is 14.1. The molecule has 0 spiro atoms. The number of hydrogen-bond acceptors (Lipinski definition) is 7. The number of halogens is 1. The van der Waals surface area contributed by atoms with Crippen LogP contribution in [-0.4, -0.2) is 42.9 Å². The van der Waals surface area contributed by atoms with Gasteiger partial charge in [-0.2, -0.15) is 4.98 Å². The van der Waals surface area contributed by atoms with E-state index >= 15 is 0 Å². The number of piperidine rings is 1. The summed E-state index contributed by atoms with van der Waals surface area (Å²) in [6.07, 6.45) is 4.47. The van der Waals surface area contributed by atoms with Gasteiger partial charge in [-0.15, -0.1) is 0 Å². The van der Waals surface area contributed by atoms with Gasteiger partial charge in [0.05, 0.1) is 20.1 Å². The van der Waals surface area contributed by atoms with Gasteiger partial charge in [0.1, 0.15) is 11.6 Å². The first-order valence-corrected chi connectivity index (χ1v) is 11.5. The van der Waals surface area contributed by atoms with Crippen LogP contribution < -0.4 is 9.64 Å². The van der Waals surface area contributed by atoms with Gasteiger partial charge in [-0.05, 0) is 60.2 Å². The smallest absolute Gasteiger partial charge is 0.310 e. The van der Waals surface area contributed by atoms with Gasteiger partial charge in [0.2, 0.25) is 5.89 Å². The lowest BCUT2D eigenvalue weighted by molar-refractivity contribution is -0.139. The van der Waals surface area contributed by atoms with Crippen LogP contribution in [0.4, 0.5) is 10.3 Å². The van der Waals surface area contributed by atoms with Crippen molar-refractivity contribution in [3.8, 4) is 5.75 Å². The number of aromatic nitrogens is 2. The topological polar surface area (TPSA) is 77.7 Å². The monoisotopic (exact) mass is 445 g/mol. The minimum Gasteiger partial charge on any atom is -0.493 e. The van der Waals surface area contributed by atoms with Gasteiger partial charge >= 0.3 is 5.97 Å². The molecule has 0 N–H and O–H groups in total. The largest absolute Gasteiger partial charge is 0.493 e. The van der Waals surface area contributed by atoms with E-state index in [1.54, 1.807) is 12.1 Å². The molecule has 2 aromatic rings. The van der Waals surface area contributed by atoms with Crippen molar-refractivity contribution in [2.45, 2.75) is 51.9 Å². The summed E-state index contributed by atoms with van der Waals surface area (Å²) in [4.78, 5) is 18.1. The summed E-state index contributed by atoms with van der Waals surface area (Å²) in [5.74, 6) is 3.46. The number of ether oxygens (including phenoxy) is 2. The highest BCUT2D eigenvalue weighted by Crippen LogP contribution is 2.49. The van der Waals surface area contributed by atoms with Gasteiger partial charge in [0.15, 0.2) is 0 Å². The summed E-state index contributed by atoms with van der Waals surface area (Å²) in [5.41, 5.74) is 0.319. The summed E-state index contributed by atoms with van der Waals surface area (Å²) in [7, 11) is 1.29. The normalized spacial score (nSPS) is 21.1. The van der Waals surface area contributed by atoms with E-state index in [9.17, 15) is 9.18 Å². The highest BCUT2D eigenvalue weighted by molar-refractivity contribution is 5.72. The molecule has 1 aromatic heterocycles. The van der Waals surface area contributed by atoms with Crippen molar-refractivity contribution in [1.82, 2.24) is 10.1 Å². The molecular formula is C24H32FN3O4. The Bertz CT molecular complexity index is 924. The quantitative estimate of drug-likeness (QED) is 0.531. The third-order valence-corrected chi connectivity index (χ3v) is 6.67. The standard InChI is InChI=1S/C24H32FN3O4/c1-15(2)23-26-24(27-32-23)28-9-6-16(7-10-28)20-12-17(20)8-11-31-19-5-4-18(21(25)14-19)13-22(29)30-3/h4-5,14-17,20H,6-13H2,1-3H3/t17-,20-/m1/s1. The molecule has 1 aliphatic carbocycles. The van der Waals surface area contributed by atoms with Crippen molar-refractivity contribution in [2.24, 2.45) is 17.8 Å². The van der Waals surface area contributed by atoms with Crippen LogP contribution in [0.2, 0.25) is 0 Å². The van der Waals surface area contributed by atoms with E-state index < -0.39 is 11.8 Å². The van der Waals surface area contributed by atoms with Gasteiger partial charge in [0, 0.05) is 25.1 Å². The van der Waals surface area contributed by atoms with Crippen LogP contribution >= 0.6 is 0 Å². The fourth-order valence-corrected chi connectivity index (χ4v) is 4.61. The van der Waals surface area contributed by atoms with Crippen molar-refractivity contribution in [1.29, 1.82) is 0 Å². The molecule has 1 aromatic carbocycles. The zero-order valence-corrected chi connectivity index (χ0v) is 19.1. The SMILES string of the molecule is COC(=O)Cc1ccc(OCC[C@@H]2C[C@@H]2C2CCN(c3noc(C(C)C)n3)CC2)cc1F. The second-order valence-corrected chi connectivity index (χ2v) is 9.21. The van der Waals surface area contributed by atoms with Gasteiger partial charge in [-0.3, -0.25) is 4.79 Å². The van der Waals surface area contributed by atoms with Crippen LogP contribution in [0.1, 0.15) is 56.9 Å². The number of esters is 1. The Labute approximate surface area is 188 Å². The second kappa shape index (κ2) is 9.88. The van der Waals surface area contributed by atoms with Crippen LogP contribution in [0.25, 0.3) is 0 Å². The second-order valence-electron chi connectivity index (χ2n) is 9.21. The predicted molar refractivity (Wildman–Crippen MR) is 117 cm³/mol. The van der Waals surface area contributed by atoms with Crippen molar-refractivity contribution in [3.63, 3.8) is 0 Å². The lowest BCUT2D eigenvalue weighted by Crippen LogP contribution is -2.35. The molecule has 174 valence electrons. The van der Waals surface area contributed by atoms with E-state index in [2.05, 4.69) is 33.6 Å². The number of benzene rings is 1. The van der Waals surface area contributed by atoms with Crippen LogP contribution in [0, 0.1) is 23.6 Å². The number of rotatable bonds is 9. The van der Waals surface area contributed by atoms with Crippen molar-refractivity contribution in [2.75, 3.05) is 31.7 Å². The zero-order chi connectivity index (χ0) is 22.7. The molecule has 1 aliphatic heterocycles. The Hall–Kier alpha value is -2.64. The molecule has 2 heterocycles. The molecular weight excluding hydrogens is 413 g/mol. The average Bonchev–Trinajstić information content (AvgIpc) is 3.38. The van der Waals surface area contributed by atoms with E-state index in [0.29, 0.717) is 29.7 Å². The molecule has 8 heteroatoms. The minimum atomic E-state index is -0.458. The summed E-state index contributed by atoms with van der Waals surface area (Å²) < 4.78 is 29.8. The Morgan fingerprint density at radius 3 is 2.75 bits per heavy atom. The summed E-state index contributed by atoms with van der Waals surface area (Å²) >= 11 is 0. The number of methoxy groups -OCH3 is 1. The van der Waals surface area contributed by atoms with Crippen molar-refractivity contribution in [3.05, 3.63) is 35.5 Å². The fourth-order valence-electron chi connectivity index (χ4n) is 4.61. The molecule has 0 radical (unpaired) electrons. The molecule has 0 unspecified atom stereocenters. The van der Waals surface area contributed by atoms with Crippen LogP contribution in [0.3, 0.4) is 0 Å². The zero-order valence-electron chi connectivity index (χ0n) is 19.1. The molecule has 4 rings (SSSR count). The lowest BCUT2D eigenvalue weighted by Gasteiger charge is -2.31. The highest BCUT2D eigenvalue weighted by atomic mass is 19.1. The number of hydrogen-bond donors (Lipinski definition) is 0. The van der Waals surface area contributed by atoms with Crippen LogP contribution in [0.5, 0.6) is 5.75 Å². The van der Waals surface area contributed by atoms with Gasteiger partial charge in [-0.1, -0.05) is 19.9 Å². The Kier molecular flexibility index (Phi) is 6.96. The fraction of sp³-hybridized carbons (Fsp3) is 0.625. The summed E-state index contributed by atoms with van der Waals surface area (Å²) in [6.45, 7) is 6.63. The predicted octanol–water partition coefficient (Wildman–Crippen LogP) is 4.37. The Balaban J connectivity index is 1.17. The minimum absolute atomic E-state index is 0.0726. The van der Waals surface area contributed by atoms with Crippen LogP contribution in [0.15, 0.2) is 22.7 Å². The Morgan fingerprint density at radius 1 is 1.31 bits per heavy atom. The molecule has 1 saturated carbocycles. The molecule has 2 aliphatic rings. The van der Waals surface area contributed by atoms with Gasteiger partial charge in [-0.25, -0.2) is 4.39 Å². The third-order valence-electron chi connectivity index (χ3n) is 6.67. The summed E-state index contributed by atoms with van der Waals surface area (Å²) in [6, 6.07) is 4.65. The van der Waals surface area contributed by atoms with Crippen molar-refractivity contribution >= 4 is 11.9 Å². The molecule has 32 heavy (non-hydrogen) atoms. The van der Waals surface area contributed by atoms with Gasteiger partial charge < -0.3 is 18.9 Å². The summed E-state index contributed by atoms with van der Waals surface area (Å²) in [5, 5.41) is 4.13. The first-order valence-electron chi connectivity index (χ1n) is 11.5. The first kappa shape index (κ1) is 22.6. The maximum Gasteiger partial charge on any atom is 0.310 e. The van der Waals surface area contributed by atoms with E-state index in [1.807, 2.05) is 0 Å². The average molecular weight is 446 g/mol. The molecule has 2 fully saturated rings. The maximum atomic E-state index is 14.1. The van der Waals surface area contributed by atoms with Gasteiger partial charge in [0.25, 0.3) is 5.95 Å². The lowest BCUT2D eigenvalue weighted by atomic mass is 9.90. The number of anilines is 1. The number of nitrogens with zero attached hydrogens (tertiary/aromatic N) is 3. The van der Waals surface area contributed by atoms with E-state index in [4.69, 9.17) is 9.26 Å². The number of carbonyl (C=O) groups excluding carboxylic acids is 1. The van der Waals surface area contributed by atoms with Crippen molar-refractivity contribution < 1.29 is 23.2 Å².